The van der Waals surface area contributed by atoms with Crippen LogP contribution in [0.3, 0.4) is 0 Å². The van der Waals surface area contributed by atoms with Crippen molar-refractivity contribution in [2.75, 3.05) is 4.72 Å². The van der Waals surface area contributed by atoms with E-state index in [0.29, 0.717) is 21.5 Å². The lowest BCUT2D eigenvalue weighted by atomic mass is 10.2. The maximum Gasteiger partial charge on any atom is 0.337 e. The minimum Gasteiger partial charge on any atom is -0.478 e. The highest BCUT2D eigenvalue weighted by atomic mass is 35.5. The van der Waals surface area contributed by atoms with E-state index in [0.717, 1.165) is 6.07 Å². The number of hydrogen-bond acceptors (Lipinski definition) is 4. The van der Waals surface area contributed by atoms with Crippen LogP contribution in [0.2, 0.25) is 15.1 Å². The molecule has 0 fully saturated rings. The van der Waals surface area contributed by atoms with Crippen LogP contribution in [0.5, 0.6) is 11.5 Å². The molecule has 0 aliphatic heterocycles. The summed E-state index contributed by atoms with van der Waals surface area (Å²) in [7, 11) is -4.02. The molecule has 0 spiro atoms. The Morgan fingerprint density at radius 3 is 2.21 bits per heavy atom. The van der Waals surface area contributed by atoms with Crippen molar-refractivity contribution < 1.29 is 23.1 Å². The van der Waals surface area contributed by atoms with E-state index in [1.165, 1.54) is 24.3 Å². The summed E-state index contributed by atoms with van der Waals surface area (Å²) < 4.78 is 33.1. The molecule has 0 atom stereocenters. The van der Waals surface area contributed by atoms with Gasteiger partial charge in [0, 0.05) is 10.7 Å². The molecule has 0 saturated heterocycles. The van der Waals surface area contributed by atoms with Crippen LogP contribution >= 0.6 is 34.8 Å². The molecule has 0 unspecified atom stereocenters. The van der Waals surface area contributed by atoms with Gasteiger partial charge in [-0.3, -0.25) is 4.72 Å². The van der Waals surface area contributed by atoms with Crippen molar-refractivity contribution in [3.8, 4) is 11.5 Å². The summed E-state index contributed by atoms with van der Waals surface area (Å²) >= 11 is 17.7. The number of nitrogens with one attached hydrogen (secondary N) is 1. The number of ether oxygens (including phenoxy) is 1. The van der Waals surface area contributed by atoms with Gasteiger partial charge in [0.05, 0.1) is 20.5 Å². The van der Waals surface area contributed by atoms with Gasteiger partial charge in [-0.2, -0.15) is 0 Å². The topological polar surface area (TPSA) is 92.7 Å². The Morgan fingerprint density at radius 2 is 1.59 bits per heavy atom. The third-order valence-electron chi connectivity index (χ3n) is 3.71. The third kappa shape index (κ3) is 5.13. The van der Waals surface area contributed by atoms with Crippen molar-refractivity contribution in [2.24, 2.45) is 0 Å². The fourth-order valence-corrected chi connectivity index (χ4v) is 4.06. The summed E-state index contributed by atoms with van der Waals surface area (Å²) in [4.78, 5) is 10.9. The third-order valence-corrected chi connectivity index (χ3v) is 5.95. The van der Waals surface area contributed by atoms with Crippen molar-refractivity contribution in [1.82, 2.24) is 0 Å². The van der Waals surface area contributed by atoms with E-state index in [-0.39, 0.29) is 21.2 Å². The highest BCUT2D eigenvalue weighted by Crippen LogP contribution is 2.32. The van der Waals surface area contributed by atoms with Gasteiger partial charge in [-0.25, -0.2) is 13.2 Å². The van der Waals surface area contributed by atoms with Crippen LogP contribution in [0.4, 0.5) is 5.69 Å². The molecule has 0 radical (unpaired) electrons. The van der Waals surface area contributed by atoms with Gasteiger partial charge in [0.15, 0.2) is 0 Å². The van der Waals surface area contributed by atoms with E-state index in [4.69, 9.17) is 44.6 Å². The standard InChI is InChI=1S/C19H12Cl3NO5S/c20-11-1-8-18(17(22)9-11)28-13-4-2-12(3-5-13)23-29(26,27)14-6-7-16(21)15(10-14)19(24)25/h1-10,23H,(H,24,25). The first kappa shape index (κ1) is 21.3. The minimum absolute atomic E-state index is 0.0567. The molecule has 0 bridgehead atoms. The Morgan fingerprint density at radius 1 is 0.897 bits per heavy atom. The van der Waals surface area contributed by atoms with Crippen molar-refractivity contribution in [2.45, 2.75) is 4.90 Å². The molecule has 2 N–H and O–H groups in total. The van der Waals surface area contributed by atoms with E-state index in [9.17, 15) is 13.2 Å². The molecule has 0 aliphatic rings. The molecule has 6 nitrogen and oxygen atoms in total. The second-order valence-electron chi connectivity index (χ2n) is 5.75. The first-order valence-corrected chi connectivity index (χ1v) is 10.6. The quantitative estimate of drug-likeness (QED) is 0.463. The first-order valence-electron chi connectivity index (χ1n) is 7.94. The largest absolute Gasteiger partial charge is 0.478 e. The highest BCUT2D eigenvalue weighted by Gasteiger charge is 2.18. The van der Waals surface area contributed by atoms with Crippen molar-refractivity contribution in [3.63, 3.8) is 0 Å². The lowest BCUT2D eigenvalue weighted by Gasteiger charge is -2.11. The van der Waals surface area contributed by atoms with Crippen LogP contribution in [0, 0.1) is 0 Å². The number of carbonyl (C=O) groups is 1. The van der Waals surface area contributed by atoms with E-state index < -0.39 is 16.0 Å². The Balaban J connectivity index is 1.78. The predicted molar refractivity (Wildman–Crippen MR) is 112 cm³/mol. The molecular weight excluding hydrogens is 461 g/mol. The van der Waals surface area contributed by atoms with Gasteiger partial charge in [0.2, 0.25) is 0 Å². The van der Waals surface area contributed by atoms with E-state index in [2.05, 4.69) is 4.72 Å². The highest BCUT2D eigenvalue weighted by molar-refractivity contribution is 7.92. The Kier molecular flexibility index (Phi) is 6.24. The summed E-state index contributed by atoms with van der Waals surface area (Å²) in [6.45, 7) is 0. The molecule has 0 saturated carbocycles. The van der Waals surface area contributed by atoms with Gasteiger partial charge in [0.25, 0.3) is 10.0 Å². The van der Waals surface area contributed by atoms with Crippen molar-refractivity contribution in [1.29, 1.82) is 0 Å². The van der Waals surface area contributed by atoms with Crippen molar-refractivity contribution in [3.05, 3.63) is 81.3 Å². The Labute approximate surface area is 181 Å². The van der Waals surface area contributed by atoms with Gasteiger partial charge in [-0.1, -0.05) is 34.8 Å². The number of halogens is 3. The number of anilines is 1. The molecule has 10 heteroatoms. The molecule has 150 valence electrons. The lowest BCUT2D eigenvalue weighted by Crippen LogP contribution is -2.14. The lowest BCUT2D eigenvalue weighted by molar-refractivity contribution is 0.0697. The van der Waals surface area contributed by atoms with E-state index in [1.807, 2.05) is 0 Å². The molecule has 0 heterocycles. The van der Waals surface area contributed by atoms with Gasteiger partial charge in [0.1, 0.15) is 11.5 Å². The molecule has 29 heavy (non-hydrogen) atoms. The summed E-state index contributed by atoms with van der Waals surface area (Å²) in [6, 6.07) is 14.3. The SMILES string of the molecule is O=C(O)c1cc(S(=O)(=O)Nc2ccc(Oc3ccc(Cl)cc3Cl)cc2)ccc1Cl. The maximum absolute atomic E-state index is 12.5. The fourth-order valence-electron chi connectivity index (χ4n) is 2.33. The number of sulfonamides is 1. The zero-order chi connectivity index (χ0) is 21.2. The zero-order valence-corrected chi connectivity index (χ0v) is 17.5. The first-order chi connectivity index (χ1) is 13.7. The summed E-state index contributed by atoms with van der Waals surface area (Å²) in [5, 5.41) is 9.85. The van der Waals surface area contributed by atoms with Gasteiger partial charge in [-0.05, 0) is 60.7 Å². The van der Waals surface area contributed by atoms with Crippen LogP contribution in [0.1, 0.15) is 10.4 Å². The summed E-state index contributed by atoms with van der Waals surface area (Å²) in [6.07, 6.45) is 0. The van der Waals surface area contributed by atoms with Gasteiger partial charge in [-0.15, -0.1) is 0 Å². The zero-order valence-electron chi connectivity index (χ0n) is 14.4. The molecule has 3 aromatic rings. The van der Waals surface area contributed by atoms with Crippen LogP contribution < -0.4 is 9.46 Å². The average molecular weight is 473 g/mol. The molecule has 3 aromatic carbocycles. The molecular formula is C19H12Cl3NO5S. The average Bonchev–Trinajstić information content (AvgIpc) is 2.65. The van der Waals surface area contributed by atoms with Crippen LogP contribution in [0.15, 0.2) is 65.6 Å². The van der Waals surface area contributed by atoms with Crippen LogP contribution in [-0.2, 0) is 10.0 Å². The molecule has 0 aromatic heterocycles. The van der Waals surface area contributed by atoms with Crippen LogP contribution in [-0.4, -0.2) is 19.5 Å². The van der Waals surface area contributed by atoms with E-state index >= 15 is 0 Å². The van der Waals surface area contributed by atoms with Gasteiger partial charge >= 0.3 is 5.97 Å². The maximum atomic E-state index is 12.5. The van der Waals surface area contributed by atoms with Gasteiger partial charge < -0.3 is 9.84 Å². The minimum atomic E-state index is -4.02. The monoisotopic (exact) mass is 471 g/mol. The molecule has 3 rings (SSSR count). The normalized spacial score (nSPS) is 11.1. The molecule has 0 amide bonds. The number of benzene rings is 3. The second kappa shape index (κ2) is 8.51. The summed E-state index contributed by atoms with van der Waals surface area (Å²) in [5.41, 5.74) is -0.0514. The Hall–Kier alpha value is -2.45. The predicted octanol–water partition coefficient (Wildman–Crippen LogP) is 5.94. The number of carboxylic acids is 1. The molecule has 0 aliphatic carbocycles. The summed E-state index contributed by atoms with van der Waals surface area (Å²) in [5.74, 6) is -0.502. The Bertz CT molecular complexity index is 1180. The number of rotatable bonds is 6. The number of aromatic carboxylic acids is 1. The van der Waals surface area contributed by atoms with E-state index in [1.54, 1.807) is 30.3 Å². The number of hydrogen-bond donors (Lipinski definition) is 2. The smallest absolute Gasteiger partial charge is 0.337 e. The van der Waals surface area contributed by atoms with Crippen molar-refractivity contribution >= 4 is 56.5 Å². The van der Waals surface area contributed by atoms with Crippen LogP contribution in [0.25, 0.3) is 0 Å². The second-order valence-corrected chi connectivity index (χ2v) is 8.69. The number of carboxylic acid groups (broad SMARTS) is 1. The fraction of sp³-hybridized carbons (Fsp3) is 0.